The normalized spacial score (nSPS) is 21.1. The number of rotatable bonds is 7. The van der Waals surface area contributed by atoms with Crippen molar-refractivity contribution in [2.24, 2.45) is 0 Å². The van der Waals surface area contributed by atoms with Crippen LogP contribution in [0, 0.1) is 17.1 Å². The minimum Gasteiger partial charge on any atom is -0.362 e. The predicted molar refractivity (Wildman–Crippen MR) is 167 cm³/mol. The number of amides is 1. The number of carbonyl (C=O) groups is 1. The number of ether oxygens (including phenoxy) is 1. The van der Waals surface area contributed by atoms with Crippen molar-refractivity contribution in [2.45, 2.75) is 49.9 Å². The summed E-state index contributed by atoms with van der Waals surface area (Å²) >= 11 is 6.04. The summed E-state index contributed by atoms with van der Waals surface area (Å²) < 4.78 is 22.9. The smallest absolute Gasteiger partial charge is 0.245 e. The summed E-state index contributed by atoms with van der Waals surface area (Å²) in [5.74, 6) is -0.583. The second-order valence-corrected chi connectivity index (χ2v) is 12.2. The van der Waals surface area contributed by atoms with Gasteiger partial charge in [-0.25, -0.2) is 4.39 Å². The van der Waals surface area contributed by atoms with Crippen LogP contribution in [0.15, 0.2) is 49.4 Å². The van der Waals surface area contributed by atoms with Crippen LogP contribution in [-0.4, -0.2) is 69.8 Å². The highest BCUT2D eigenvalue weighted by atomic mass is 35.5. The molecule has 2 saturated heterocycles. The zero-order chi connectivity index (χ0) is 30.8. The van der Waals surface area contributed by atoms with E-state index in [0.717, 1.165) is 36.7 Å². The molecule has 228 valence electrons. The summed E-state index contributed by atoms with van der Waals surface area (Å²) in [5, 5.41) is 19.4. The first kappa shape index (κ1) is 30.0. The molecule has 2 fully saturated rings. The number of halogens is 2. The fourth-order valence-electron chi connectivity index (χ4n) is 6.32. The molecule has 1 unspecified atom stereocenters. The van der Waals surface area contributed by atoms with Crippen molar-refractivity contribution in [1.82, 2.24) is 24.6 Å². The molecule has 11 heteroatoms. The third-order valence-electron chi connectivity index (χ3n) is 8.89. The van der Waals surface area contributed by atoms with Crippen molar-refractivity contribution >= 4 is 41.0 Å². The Morgan fingerprint density at radius 2 is 2.00 bits per heavy atom. The Balaban J connectivity index is 1.38. The van der Waals surface area contributed by atoms with E-state index in [9.17, 15) is 14.4 Å². The number of hydrogen-bond acceptors (Lipinski definition) is 7. The van der Waals surface area contributed by atoms with Crippen molar-refractivity contribution in [3.8, 4) is 6.07 Å². The molecular weight excluding hydrogens is 581 g/mol. The van der Waals surface area contributed by atoms with E-state index in [1.165, 1.54) is 24.4 Å². The number of fused-ring (bicyclic) bond motifs is 1. The molecule has 1 aromatic carbocycles. The zero-order valence-electron chi connectivity index (χ0n) is 24.7. The number of nitrogens with one attached hydrogen (secondary N) is 1. The van der Waals surface area contributed by atoms with Gasteiger partial charge in [-0.3, -0.25) is 14.5 Å². The number of nitrogens with zero attached hydrogens (tertiary/aromatic N) is 6. The minimum absolute atomic E-state index is 0.0122. The van der Waals surface area contributed by atoms with Crippen molar-refractivity contribution < 1.29 is 13.9 Å². The highest BCUT2D eigenvalue weighted by molar-refractivity contribution is 6.31. The quantitative estimate of drug-likeness (QED) is 0.401. The number of pyridine rings is 1. The van der Waals surface area contributed by atoms with Gasteiger partial charge in [-0.15, -0.1) is 0 Å². The van der Waals surface area contributed by atoms with Crippen LogP contribution in [0.25, 0.3) is 12.2 Å². The van der Waals surface area contributed by atoms with Crippen LogP contribution in [0.4, 0.5) is 15.8 Å². The molecule has 1 aliphatic carbocycles. The topological polar surface area (TPSA) is 99.3 Å². The molecule has 1 N–H and O–H groups in total. The Hall–Kier alpha value is -4.04. The first-order valence-corrected chi connectivity index (χ1v) is 15.3. The zero-order valence-corrected chi connectivity index (χ0v) is 25.4. The third-order valence-corrected chi connectivity index (χ3v) is 9.18. The number of carbonyl (C=O) groups excluding carboxylic acids is 1. The van der Waals surface area contributed by atoms with Gasteiger partial charge in [-0.1, -0.05) is 24.3 Å². The third kappa shape index (κ3) is 6.00. The van der Waals surface area contributed by atoms with Gasteiger partial charge in [0.25, 0.3) is 0 Å². The molecule has 2 aliphatic heterocycles. The van der Waals surface area contributed by atoms with E-state index in [-0.39, 0.29) is 17.0 Å². The van der Waals surface area contributed by atoms with Crippen LogP contribution in [0.5, 0.6) is 0 Å². The minimum atomic E-state index is -0.844. The maximum absolute atomic E-state index is 13.8. The van der Waals surface area contributed by atoms with Gasteiger partial charge in [0.1, 0.15) is 17.5 Å². The molecule has 0 spiro atoms. The Kier molecular flexibility index (Phi) is 8.54. The molecule has 3 aromatic rings. The number of likely N-dealkylation sites (tertiary alicyclic amines) is 2. The van der Waals surface area contributed by atoms with E-state index in [1.807, 2.05) is 18.3 Å². The number of anilines is 2. The lowest BCUT2D eigenvalue weighted by atomic mass is 9.87. The maximum Gasteiger partial charge on any atom is 0.245 e. The molecular formula is C33H35ClFN7O2. The van der Waals surface area contributed by atoms with E-state index in [0.29, 0.717) is 60.7 Å². The molecule has 1 amide bonds. The highest BCUT2D eigenvalue weighted by Gasteiger charge is 2.38. The lowest BCUT2D eigenvalue weighted by Crippen LogP contribution is -2.46. The van der Waals surface area contributed by atoms with E-state index >= 15 is 0 Å². The summed E-state index contributed by atoms with van der Waals surface area (Å²) in [6.07, 6.45) is 14.8. The Labute approximate surface area is 260 Å². The number of aromatic nitrogens is 3. The molecule has 9 nitrogen and oxygen atoms in total. The first-order chi connectivity index (χ1) is 21.3. The van der Waals surface area contributed by atoms with Gasteiger partial charge < -0.3 is 19.9 Å². The van der Waals surface area contributed by atoms with E-state index < -0.39 is 11.4 Å². The molecule has 0 radical (unpaired) electrons. The van der Waals surface area contributed by atoms with Gasteiger partial charge >= 0.3 is 0 Å². The SMILES string of the molecule is C=CC(=O)N1CCC(OC2(c3cnn(C4CCN(C)CC4)c3)C=c3ncc(C#N)c(Nc4ccc(F)c(Cl)c4)c3=CC2)CC1. The molecule has 0 saturated carbocycles. The van der Waals surface area contributed by atoms with Crippen molar-refractivity contribution in [3.05, 3.63) is 82.0 Å². The summed E-state index contributed by atoms with van der Waals surface area (Å²) in [6.45, 7) is 6.86. The average molecular weight is 616 g/mol. The second-order valence-electron chi connectivity index (χ2n) is 11.7. The van der Waals surface area contributed by atoms with Crippen LogP contribution in [0.1, 0.15) is 49.3 Å². The Bertz CT molecular complexity index is 1740. The van der Waals surface area contributed by atoms with Crippen molar-refractivity contribution in [3.63, 3.8) is 0 Å². The fourth-order valence-corrected chi connectivity index (χ4v) is 6.50. The maximum atomic E-state index is 13.8. The average Bonchev–Trinajstić information content (AvgIpc) is 3.54. The molecule has 6 rings (SSSR count). The number of piperidine rings is 2. The Morgan fingerprint density at radius 1 is 1.23 bits per heavy atom. The lowest BCUT2D eigenvalue weighted by Gasteiger charge is -2.39. The van der Waals surface area contributed by atoms with Gasteiger partial charge in [0, 0.05) is 48.4 Å². The Morgan fingerprint density at radius 3 is 2.70 bits per heavy atom. The van der Waals surface area contributed by atoms with E-state index in [4.69, 9.17) is 21.4 Å². The molecule has 44 heavy (non-hydrogen) atoms. The van der Waals surface area contributed by atoms with Gasteiger partial charge in [-0.2, -0.15) is 10.4 Å². The molecule has 2 aromatic heterocycles. The van der Waals surface area contributed by atoms with Crippen LogP contribution < -0.4 is 15.9 Å². The van der Waals surface area contributed by atoms with Crippen LogP contribution >= 0.6 is 11.6 Å². The summed E-state index contributed by atoms with van der Waals surface area (Å²) in [6, 6.07) is 6.89. The number of hydrogen-bond donors (Lipinski definition) is 1. The van der Waals surface area contributed by atoms with Crippen molar-refractivity contribution in [1.29, 1.82) is 5.26 Å². The summed E-state index contributed by atoms with van der Waals surface area (Å²) in [4.78, 5) is 21.0. The monoisotopic (exact) mass is 615 g/mol. The van der Waals surface area contributed by atoms with Crippen LogP contribution in [0.2, 0.25) is 5.02 Å². The highest BCUT2D eigenvalue weighted by Crippen LogP contribution is 2.37. The largest absolute Gasteiger partial charge is 0.362 e. The number of benzene rings is 1. The lowest BCUT2D eigenvalue weighted by molar-refractivity contribution is -0.131. The predicted octanol–water partition coefficient (Wildman–Crippen LogP) is 4.01. The first-order valence-electron chi connectivity index (χ1n) is 14.9. The summed E-state index contributed by atoms with van der Waals surface area (Å²) in [5.41, 5.74) is 1.58. The number of nitriles is 1. The van der Waals surface area contributed by atoms with Crippen molar-refractivity contribution in [2.75, 3.05) is 38.5 Å². The van der Waals surface area contributed by atoms with Gasteiger partial charge in [-0.05, 0) is 76.2 Å². The fraction of sp³-hybridized carbons (Fsp3) is 0.394. The van der Waals surface area contributed by atoms with Gasteiger partial charge in [0.2, 0.25) is 5.91 Å². The molecule has 0 bridgehead atoms. The second kappa shape index (κ2) is 12.5. The molecule has 1 atom stereocenters. The van der Waals surface area contributed by atoms with E-state index in [1.54, 1.807) is 11.0 Å². The van der Waals surface area contributed by atoms with Crippen LogP contribution in [0.3, 0.4) is 0 Å². The van der Waals surface area contributed by atoms with Crippen LogP contribution in [-0.2, 0) is 15.1 Å². The standard InChI is InChI=1S/C33H35ClFN7O2/c1-3-31(43)41-14-9-26(10-15-41)44-33(23-20-38-42(21-23)25-7-12-40(2)13-8-25)11-6-27-30(17-33)37-19-22(18-36)32(27)39-24-4-5-29(35)28(34)16-24/h3-6,16-17,19-21,25-26,39H,1,7-15H2,2H3. The molecule has 4 heterocycles. The van der Waals surface area contributed by atoms with Gasteiger partial charge in [0.05, 0.1) is 40.0 Å². The summed E-state index contributed by atoms with van der Waals surface area (Å²) in [7, 11) is 2.14. The van der Waals surface area contributed by atoms with E-state index in [2.05, 4.69) is 45.8 Å². The molecule has 3 aliphatic rings. The van der Waals surface area contributed by atoms with Gasteiger partial charge in [0.15, 0.2) is 0 Å².